The molecule has 1 atom stereocenters. The van der Waals surface area contributed by atoms with Gasteiger partial charge in [-0.2, -0.15) is 0 Å². The minimum Gasteiger partial charge on any atom is -0.480 e. The summed E-state index contributed by atoms with van der Waals surface area (Å²) in [5.41, 5.74) is 1.14. The molecule has 0 saturated carbocycles. The largest absolute Gasteiger partial charge is 0.480 e. The highest BCUT2D eigenvalue weighted by Gasteiger charge is 2.35. The summed E-state index contributed by atoms with van der Waals surface area (Å²) in [6.45, 7) is 4.67. The Bertz CT molecular complexity index is 971. The number of carboxylic acid groups (broad SMARTS) is 1. The van der Waals surface area contributed by atoms with Crippen molar-refractivity contribution in [3.63, 3.8) is 0 Å². The van der Waals surface area contributed by atoms with Crippen LogP contribution < -0.4 is 4.31 Å². The Kier molecular flexibility index (Phi) is 5.31. The number of nitro groups is 1. The van der Waals surface area contributed by atoms with E-state index in [0.717, 1.165) is 15.9 Å². The molecule has 0 radical (unpaired) electrons. The molecule has 2 rings (SSSR count). The average Bonchev–Trinajstić information content (AvgIpc) is 2.57. The Labute approximate surface area is 150 Å². The number of benzene rings is 2. The van der Waals surface area contributed by atoms with Crippen LogP contribution in [0, 0.1) is 24.0 Å². The molecule has 0 amide bonds. The average molecular weight is 378 g/mol. The quantitative estimate of drug-likeness (QED) is 0.610. The molecule has 0 fully saturated rings. The van der Waals surface area contributed by atoms with Gasteiger partial charge in [-0.1, -0.05) is 18.2 Å². The summed E-state index contributed by atoms with van der Waals surface area (Å²) < 4.78 is 27.1. The lowest BCUT2D eigenvalue weighted by Crippen LogP contribution is -2.43. The maximum absolute atomic E-state index is 13.2. The molecule has 0 heterocycles. The highest BCUT2D eigenvalue weighted by atomic mass is 32.2. The SMILES string of the molecule is Cc1ccc(C)c(N(C(C)C(=O)O)S(=O)(=O)c2cccc([N+](=O)[O-])c2)c1. The van der Waals surface area contributed by atoms with Crippen molar-refractivity contribution in [2.45, 2.75) is 31.7 Å². The molecular weight excluding hydrogens is 360 g/mol. The third-order valence-corrected chi connectivity index (χ3v) is 5.78. The van der Waals surface area contributed by atoms with Gasteiger partial charge in [-0.15, -0.1) is 0 Å². The molecule has 1 N–H and O–H groups in total. The van der Waals surface area contributed by atoms with Crippen molar-refractivity contribution in [2.24, 2.45) is 0 Å². The van der Waals surface area contributed by atoms with E-state index in [-0.39, 0.29) is 10.6 Å². The summed E-state index contributed by atoms with van der Waals surface area (Å²) in [7, 11) is -4.35. The molecule has 0 aliphatic heterocycles. The number of carboxylic acids is 1. The number of rotatable bonds is 6. The molecule has 26 heavy (non-hydrogen) atoms. The van der Waals surface area contributed by atoms with Crippen molar-refractivity contribution in [3.8, 4) is 0 Å². The van der Waals surface area contributed by atoms with E-state index in [1.54, 1.807) is 32.0 Å². The molecule has 0 saturated heterocycles. The Hall–Kier alpha value is -2.94. The van der Waals surface area contributed by atoms with E-state index < -0.39 is 32.6 Å². The van der Waals surface area contributed by atoms with Gasteiger partial charge >= 0.3 is 5.97 Å². The van der Waals surface area contributed by atoms with Gasteiger partial charge in [-0.3, -0.25) is 14.4 Å². The summed E-state index contributed by atoms with van der Waals surface area (Å²) in [6.07, 6.45) is 0. The molecule has 0 spiro atoms. The fourth-order valence-electron chi connectivity index (χ4n) is 2.47. The van der Waals surface area contributed by atoms with E-state index in [1.807, 2.05) is 0 Å². The molecule has 1 unspecified atom stereocenters. The topological polar surface area (TPSA) is 118 Å². The van der Waals surface area contributed by atoms with Crippen molar-refractivity contribution in [1.29, 1.82) is 0 Å². The monoisotopic (exact) mass is 378 g/mol. The van der Waals surface area contributed by atoms with Gasteiger partial charge in [0.15, 0.2) is 0 Å². The van der Waals surface area contributed by atoms with Crippen LogP contribution in [0.25, 0.3) is 0 Å². The number of non-ortho nitro benzene ring substituents is 1. The number of hydrogen-bond acceptors (Lipinski definition) is 5. The molecule has 0 bridgehead atoms. The number of hydrogen-bond donors (Lipinski definition) is 1. The third kappa shape index (κ3) is 3.67. The summed E-state index contributed by atoms with van der Waals surface area (Å²) in [5.74, 6) is -1.33. The summed E-state index contributed by atoms with van der Waals surface area (Å²) >= 11 is 0. The van der Waals surface area contributed by atoms with Gasteiger partial charge in [-0.25, -0.2) is 13.2 Å². The summed E-state index contributed by atoms with van der Waals surface area (Å²) in [5, 5.41) is 20.4. The molecule has 0 aliphatic rings. The van der Waals surface area contributed by atoms with Crippen LogP contribution in [-0.4, -0.2) is 30.5 Å². The van der Waals surface area contributed by atoms with Crippen LogP contribution in [0.1, 0.15) is 18.1 Å². The number of nitro benzene ring substituents is 1. The summed E-state index contributed by atoms with van der Waals surface area (Å²) in [4.78, 5) is 21.5. The van der Waals surface area contributed by atoms with Gasteiger partial charge in [0.05, 0.1) is 15.5 Å². The fourth-order valence-corrected chi connectivity index (χ4v) is 4.18. The van der Waals surface area contributed by atoms with Crippen molar-refractivity contribution in [2.75, 3.05) is 4.31 Å². The predicted molar refractivity (Wildman–Crippen MR) is 95.8 cm³/mol. The minimum absolute atomic E-state index is 0.214. The Morgan fingerprint density at radius 1 is 1.19 bits per heavy atom. The van der Waals surface area contributed by atoms with E-state index in [9.17, 15) is 28.4 Å². The molecule has 8 nitrogen and oxygen atoms in total. The van der Waals surface area contributed by atoms with Gasteiger partial charge in [-0.05, 0) is 44.0 Å². The number of sulfonamides is 1. The second-order valence-electron chi connectivity index (χ2n) is 5.86. The van der Waals surface area contributed by atoms with Crippen LogP contribution in [0.5, 0.6) is 0 Å². The lowest BCUT2D eigenvalue weighted by molar-refractivity contribution is -0.385. The number of aryl methyl sites for hydroxylation is 2. The van der Waals surface area contributed by atoms with Crippen LogP contribution in [0.15, 0.2) is 47.4 Å². The molecular formula is C17H18N2O6S. The van der Waals surface area contributed by atoms with E-state index in [4.69, 9.17) is 0 Å². The van der Waals surface area contributed by atoms with E-state index in [2.05, 4.69) is 0 Å². The number of anilines is 1. The second-order valence-corrected chi connectivity index (χ2v) is 7.67. The zero-order chi connectivity index (χ0) is 19.6. The maximum Gasteiger partial charge on any atom is 0.327 e. The van der Waals surface area contributed by atoms with Crippen molar-refractivity contribution < 1.29 is 23.2 Å². The first-order chi connectivity index (χ1) is 12.1. The van der Waals surface area contributed by atoms with Gasteiger partial charge in [0.1, 0.15) is 6.04 Å². The molecule has 0 aromatic heterocycles. The lowest BCUT2D eigenvalue weighted by atomic mass is 10.1. The first-order valence-corrected chi connectivity index (χ1v) is 9.08. The van der Waals surface area contributed by atoms with Crippen molar-refractivity contribution in [1.82, 2.24) is 0 Å². The normalized spacial score (nSPS) is 12.4. The number of nitrogens with zero attached hydrogens (tertiary/aromatic N) is 2. The zero-order valence-electron chi connectivity index (χ0n) is 14.4. The number of aliphatic carboxylic acids is 1. The van der Waals surface area contributed by atoms with Crippen molar-refractivity contribution in [3.05, 3.63) is 63.7 Å². The molecule has 2 aromatic rings. The van der Waals surface area contributed by atoms with Crippen molar-refractivity contribution >= 4 is 27.4 Å². The van der Waals surface area contributed by atoms with E-state index in [1.165, 1.54) is 25.1 Å². The number of carbonyl (C=O) groups is 1. The second kappa shape index (κ2) is 7.12. The van der Waals surface area contributed by atoms with Crippen LogP contribution in [0.3, 0.4) is 0 Å². The van der Waals surface area contributed by atoms with Crippen LogP contribution >= 0.6 is 0 Å². The predicted octanol–water partition coefficient (Wildman–Crippen LogP) is 2.88. The fraction of sp³-hybridized carbons (Fsp3) is 0.235. The molecule has 0 aliphatic carbocycles. The van der Waals surface area contributed by atoms with Crippen LogP contribution in [0.2, 0.25) is 0 Å². The standard InChI is InChI=1S/C17H18N2O6S/c1-11-7-8-12(2)16(9-11)18(13(3)17(20)21)26(24,25)15-6-4-5-14(10-15)19(22)23/h4-10,13H,1-3H3,(H,20,21). The molecule has 9 heteroatoms. The highest BCUT2D eigenvalue weighted by Crippen LogP contribution is 2.31. The van der Waals surface area contributed by atoms with Crippen LogP contribution in [0.4, 0.5) is 11.4 Å². The van der Waals surface area contributed by atoms with Crippen LogP contribution in [-0.2, 0) is 14.8 Å². The Morgan fingerprint density at radius 3 is 2.42 bits per heavy atom. The van der Waals surface area contributed by atoms with Gasteiger partial charge < -0.3 is 5.11 Å². The van der Waals surface area contributed by atoms with Gasteiger partial charge in [0, 0.05) is 12.1 Å². The van der Waals surface area contributed by atoms with E-state index in [0.29, 0.717) is 5.56 Å². The third-order valence-electron chi connectivity index (χ3n) is 3.90. The smallest absolute Gasteiger partial charge is 0.327 e. The Morgan fingerprint density at radius 2 is 1.85 bits per heavy atom. The summed E-state index contributed by atoms with van der Waals surface area (Å²) in [6, 6.07) is 8.18. The van der Waals surface area contributed by atoms with Gasteiger partial charge in [0.25, 0.3) is 15.7 Å². The lowest BCUT2D eigenvalue weighted by Gasteiger charge is -2.29. The van der Waals surface area contributed by atoms with E-state index >= 15 is 0 Å². The zero-order valence-corrected chi connectivity index (χ0v) is 15.2. The Balaban J connectivity index is 2.72. The van der Waals surface area contributed by atoms with Gasteiger partial charge in [0.2, 0.25) is 0 Å². The molecule has 2 aromatic carbocycles. The first-order valence-electron chi connectivity index (χ1n) is 7.64. The first kappa shape index (κ1) is 19.4. The minimum atomic E-state index is -4.35. The highest BCUT2D eigenvalue weighted by molar-refractivity contribution is 7.93. The molecule has 138 valence electrons. The maximum atomic E-state index is 13.2.